The molecule has 0 spiro atoms. The Bertz CT molecular complexity index is 1340. The Balaban J connectivity index is 1.84. The predicted octanol–water partition coefficient (Wildman–Crippen LogP) is 4.17. The molecule has 0 aromatic heterocycles. The van der Waals surface area contributed by atoms with Gasteiger partial charge in [-0.05, 0) is 63.8 Å². The highest BCUT2D eigenvalue weighted by molar-refractivity contribution is 5.96. The summed E-state index contributed by atoms with van der Waals surface area (Å²) < 4.78 is 0. The summed E-state index contributed by atoms with van der Waals surface area (Å²) in [6.45, 7) is 8.85. The van der Waals surface area contributed by atoms with E-state index in [2.05, 4.69) is 10.6 Å². The van der Waals surface area contributed by atoms with Crippen molar-refractivity contribution in [3.05, 3.63) is 101 Å². The fourth-order valence-electron chi connectivity index (χ4n) is 4.91. The van der Waals surface area contributed by atoms with E-state index in [1.807, 2.05) is 81.4 Å². The molecule has 3 amide bonds. The van der Waals surface area contributed by atoms with Crippen LogP contribution in [0.1, 0.15) is 61.2 Å². The molecule has 3 aromatic rings. The Hall–Kier alpha value is -4.17. The average molecular weight is 574 g/mol. The zero-order valence-electron chi connectivity index (χ0n) is 25.1. The van der Waals surface area contributed by atoms with Gasteiger partial charge in [0.25, 0.3) is 5.91 Å². The number of hydrogen-bond acceptors (Lipinski definition) is 5. The van der Waals surface area contributed by atoms with Crippen molar-refractivity contribution in [1.82, 2.24) is 15.5 Å². The van der Waals surface area contributed by atoms with E-state index in [1.165, 1.54) is 17.9 Å². The third-order valence-electron chi connectivity index (χ3n) is 7.15. The second-order valence-corrected chi connectivity index (χ2v) is 11.7. The number of phenolic OH excluding ortho intramolecular Hbond substituents is 1. The van der Waals surface area contributed by atoms with E-state index < -0.39 is 29.6 Å². The summed E-state index contributed by atoms with van der Waals surface area (Å²) in [5.41, 5.74) is 2.09. The summed E-state index contributed by atoms with van der Waals surface area (Å²) in [5, 5.41) is 27.5. The van der Waals surface area contributed by atoms with Crippen molar-refractivity contribution < 1.29 is 24.6 Å². The van der Waals surface area contributed by atoms with Crippen LogP contribution in [0.25, 0.3) is 0 Å². The number of rotatable bonds is 12. The number of hydrogen-bond donors (Lipinski definition) is 4. The van der Waals surface area contributed by atoms with Crippen LogP contribution in [0.3, 0.4) is 0 Å². The maximum Gasteiger partial charge on any atom is 0.252 e. The van der Waals surface area contributed by atoms with Gasteiger partial charge in [0.15, 0.2) is 0 Å². The smallest absolute Gasteiger partial charge is 0.252 e. The highest BCUT2D eigenvalue weighted by Crippen LogP contribution is 2.21. The molecule has 0 unspecified atom stereocenters. The number of benzene rings is 3. The number of nitrogens with one attached hydrogen (secondary N) is 2. The molecule has 0 aliphatic rings. The van der Waals surface area contributed by atoms with E-state index in [9.17, 15) is 24.6 Å². The summed E-state index contributed by atoms with van der Waals surface area (Å²) in [6.07, 6.45) is -0.232. The second kappa shape index (κ2) is 14.6. The van der Waals surface area contributed by atoms with Crippen molar-refractivity contribution in [1.29, 1.82) is 0 Å². The average Bonchev–Trinajstić information content (AvgIpc) is 2.93. The van der Waals surface area contributed by atoms with Crippen molar-refractivity contribution in [3.63, 3.8) is 0 Å². The van der Waals surface area contributed by atoms with Crippen molar-refractivity contribution >= 4 is 17.7 Å². The number of carbonyl (C=O) groups excluding carboxylic acids is 3. The van der Waals surface area contributed by atoms with Gasteiger partial charge in [0.1, 0.15) is 11.8 Å². The monoisotopic (exact) mass is 573 g/mol. The van der Waals surface area contributed by atoms with E-state index >= 15 is 0 Å². The molecule has 0 saturated carbocycles. The van der Waals surface area contributed by atoms with Crippen LogP contribution in [0.15, 0.2) is 78.9 Å². The zero-order chi connectivity index (χ0) is 30.9. The standard InChI is InChI=1S/C34H43N3O5/c1-23-27(17-12-18-30(23)39)32(41)35-28(21-25-13-8-6-9-14-25)31(40)19-20-37(24(2)38)29(33(42)36-34(3,4)5)22-26-15-10-7-11-16-26/h6-18,28-29,31,39-40H,19-22H2,1-5H3,(H,35,41)(H,36,42)/t28-,29+,31+/m0/s1. The van der Waals surface area contributed by atoms with Gasteiger partial charge in [-0.25, -0.2) is 0 Å². The first-order valence-corrected chi connectivity index (χ1v) is 14.3. The fourth-order valence-corrected chi connectivity index (χ4v) is 4.91. The molecule has 3 rings (SSSR count). The topological polar surface area (TPSA) is 119 Å². The first kappa shape index (κ1) is 32.3. The molecule has 8 heteroatoms. The SMILES string of the molecule is CC(=O)N(CC[C@@H](O)[C@H](Cc1ccccc1)NC(=O)c1cccc(O)c1C)[C@H](Cc1ccccc1)C(=O)NC(C)(C)C. The van der Waals surface area contributed by atoms with Crippen LogP contribution in [0.4, 0.5) is 0 Å². The van der Waals surface area contributed by atoms with Crippen LogP contribution >= 0.6 is 0 Å². The van der Waals surface area contributed by atoms with Gasteiger partial charge in [-0.3, -0.25) is 14.4 Å². The molecule has 0 saturated heterocycles. The fraction of sp³-hybridized carbons (Fsp3) is 0.382. The van der Waals surface area contributed by atoms with Gasteiger partial charge >= 0.3 is 0 Å². The van der Waals surface area contributed by atoms with Crippen LogP contribution in [0.5, 0.6) is 5.75 Å². The van der Waals surface area contributed by atoms with Gasteiger partial charge in [-0.15, -0.1) is 0 Å². The third kappa shape index (κ3) is 9.45. The Labute approximate surface area is 248 Å². The maximum atomic E-state index is 13.4. The van der Waals surface area contributed by atoms with Crippen LogP contribution in [0, 0.1) is 6.92 Å². The minimum Gasteiger partial charge on any atom is -0.508 e. The number of aliphatic hydroxyl groups is 1. The van der Waals surface area contributed by atoms with E-state index in [0.29, 0.717) is 24.0 Å². The van der Waals surface area contributed by atoms with Gasteiger partial charge in [0.05, 0.1) is 12.1 Å². The first-order chi connectivity index (χ1) is 19.9. The van der Waals surface area contributed by atoms with Gasteiger partial charge in [-0.1, -0.05) is 66.7 Å². The predicted molar refractivity (Wildman–Crippen MR) is 164 cm³/mol. The number of aliphatic hydroxyl groups excluding tert-OH is 1. The van der Waals surface area contributed by atoms with E-state index in [-0.39, 0.29) is 30.5 Å². The first-order valence-electron chi connectivity index (χ1n) is 14.3. The lowest BCUT2D eigenvalue weighted by molar-refractivity contribution is -0.140. The van der Waals surface area contributed by atoms with E-state index in [1.54, 1.807) is 19.1 Å². The minimum absolute atomic E-state index is 0.0119. The van der Waals surface area contributed by atoms with Crippen LogP contribution in [-0.2, 0) is 22.4 Å². The quantitative estimate of drug-likeness (QED) is 0.259. The summed E-state index contributed by atoms with van der Waals surface area (Å²) in [6, 6.07) is 22.3. The number of aromatic hydroxyl groups is 1. The van der Waals surface area contributed by atoms with Crippen molar-refractivity contribution in [2.75, 3.05) is 6.54 Å². The Morgan fingerprint density at radius 1 is 0.857 bits per heavy atom. The Morgan fingerprint density at radius 3 is 1.98 bits per heavy atom. The molecule has 4 N–H and O–H groups in total. The minimum atomic E-state index is -1.03. The molecule has 3 atom stereocenters. The lowest BCUT2D eigenvalue weighted by Gasteiger charge is -2.34. The second-order valence-electron chi connectivity index (χ2n) is 11.7. The van der Waals surface area contributed by atoms with E-state index in [4.69, 9.17) is 0 Å². The highest BCUT2D eigenvalue weighted by Gasteiger charge is 2.32. The molecule has 0 aliphatic carbocycles. The lowest BCUT2D eigenvalue weighted by atomic mass is 9.97. The number of carbonyl (C=O) groups is 3. The molecule has 42 heavy (non-hydrogen) atoms. The van der Waals surface area contributed by atoms with E-state index in [0.717, 1.165) is 11.1 Å². The third-order valence-corrected chi connectivity index (χ3v) is 7.15. The van der Waals surface area contributed by atoms with Gasteiger partial charge in [-0.2, -0.15) is 0 Å². The molecule has 0 bridgehead atoms. The molecule has 3 aromatic carbocycles. The van der Waals surface area contributed by atoms with Crippen LogP contribution in [-0.4, -0.2) is 63.1 Å². The van der Waals surface area contributed by atoms with Crippen molar-refractivity contribution in [3.8, 4) is 5.75 Å². The van der Waals surface area contributed by atoms with Gasteiger partial charge in [0, 0.05) is 36.6 Å². The molecular formula is C34H43N3O5. The number of nitrogens with zero attached hydrogens (tertiary/aromatic N) is 1. The van der Waals surface area contributed by atoms with Gasteiger partial charge < -0.3 is 25.7 Å². The van der Waals surface area contributed by atoms with Crippen LogP contribution < -0.4 is 10.6 Å². The summed E-state index contributed by atoms with van der Waals surface area (Å²) in [7, 11) is 0. The summed E-state index contributed by atoms with van der Waals surface area (Å²) >= 11 is 0. The molecule has 224 valence electrons. The Kier molecular flexibility index (Phi) is 11.3. The molecule has 0 heterocycles. The zero-order valence-corrected chi connectivity index (χ0v) is 25.1. The molecule has 0 radical (unpaired) electrons. The normalized spacial score (nSPS) is 13.5. The maximum absolute atomic E-state index is 13.4. The summed E-state index contributed by atoms with van der Waals surface area (Å²) in [4.78, 5) is 41.1. The largest absolute Gasteiger partial charge is 0.508 e. The van der Waals surface area contributed by atoms with Gasteiger partial charge in [0.2, 0.25) is 11.8 Å². The van der Waals surface area contributed by atoms with Crippen molar-refractivity contribution in [2.45, 2.75) is 77.6 Å². The number of phenols is 1. The molecular weight excluding hydrogens is 530 g/mol. The highest BCUT2D eigenvalue weighted by atomic mass is 16.3. The van der Waals surface area contributed by atoms with Crippen LogP contribution in [0.2, 0.25) is 0 Å². The number of amides is 3. The molecule has 0 aliphatic heterocycles. The Morgan fingerprint density at radius 2 is 1.43 bits per heavy atom. The molecule has 8 nitrogen and oxygen atoms in total. The van der Waals surface area contributed by atoms with Crippen molar-refractivity contribution in [2.24, 2.45) is 0 Å². The molecule has 0 fully saturated rings. The summed E-state index contributed by atoms with van der Waals surface area (Å²) in [5.74, 6) is -0.966. The lowest BCUT2D eigenvalue weighted by Crippen LogP contribution is -2.55.